The number of nitrogens with one attached hydrogen (secondary N) is 1. The van der Waals surface area contributed by atoms with E-state index in [2.05, 4.69) is 47.5 Å². The van der Waals surface area contributed by atoms with Crippen molar-refractivity contribution in [2.24, 2.45) is 0 Å². The van der Waals surface area contributed by atoms with E-state index in [-0.39, 0.29) is 0 Å². The maximum atomic E-state index is 8.75. The summed E-state index contributed by atoms with van der Waals surface area (Å²) in [5, 5.41) is 12.1. The van der Waals surface area contributed by atoms with E-state index in [1.165, 1.54) is 5.56 Å². The maximum absolute atomic E-state index is 8.75. The Morgan fingerprint density at radius 1 is 1.30 bits per heavy atom. The summed E-state index contributed by atoms with van der Waals surface area (Å²) in [6.45, 7) is 4.39. The smallest absolute Gasteiger partial charge is 0.0640 e. The Labute approximate surface area is 122 Å². The summed E-state index contributed by atoms with van der Waals surface area (Å²) in [7, 11) is 3.68. The highest BCUT2D eigenvalue weighted by molar-refractivity contribution is 5.48. The molecular formula is C16H25N3O. The molecule has 1 atom stereocenters. The van der Waals surface area contributed by atoms with Crippen molar-refractivity contribution in [1.29, 1.82) is 5.26 Å². The Kier molecular flexibility index (Phi) is 7.71. The first kappa shape index (κ1) is 16.5. The minimum atomic E-state index is 0.399. The number of ether oxygens (including phenoxy) is 1. The molecule has 0 fully saturated rings. The van der Waals surface area contributed by atoms with Gasteiger partial charge in [0.05, 0.1) is 19.1 Å². The molecule has 1 rings (SSSR count). The minimum Gasteiger partial charge on any atom is -0.383 e. The van der Waals surface area contributed by atoms with Gasteiger partial charge in [-0.25, -0.2) is 0 Å². The van der Waals surface area contributed by atoms with Gasteiger partial charge in [-0.1, -0.05) is 19.1 Å². The first-order valence-electron chi connectivity index (χ1n) is 7.14. The molecule has 1 aromatic rings. The van der Waals surface area contributed by atoms with Gasteiger partial charge in [0.2, 0.25) is 0 Å². The van der Waals surface area contributed by atoms with Gasteiger partial charge in [-0.3, -0.25) is 0 Å². The Balaban J connectivity index is 2.78. The summed E-state index contributed by atoms with van der Waals surface area (Å²) in [5.74, 6) is 0. The van der Waals surface area contributed by atoms with E-state index in [9.17, 15) is 0 Å². The van der Waals surface area contributed by atoms with Crippen LogP contribution in [-0.2, 0) is 4.74 Å². The quantitative estimate of drug-likeness (QED) is 0.753. The van der Waals surface area contributed by atoms with Gasteiger partial charge in [-0.05, 0) is 31.2 Å². The minimum absolute atomic E-state index is 0.399. The fourth-order valence-electron chi connectivity index (χ4n) is 2.28. The molecule has 0 spiro atoms. The highest BCUT2D eigenvalue weighted by atomic mass is 16.5. The molecular weight excluding hydrogens is 250 g/mol. The zero-order valence-electron chi connectivity index (χ0n) is 12.7. The van der Waals surface area contributed by atoms with Crippen molar-refractivity contribution < 1.29 is 4.74 Å². The van der Waals surface area contributed by atoms with E-state index in [4.69, 9.17) is 10.00 Å². The predicted molar refractivity (Wildman–Crippen MR) is 82.9 cm³/mol. The summed E-state index contributed by atoms with van der Waals surface area (Å²) < 4.78 is 5.14. The third kappa shape index (κ3) is 4.84. The predicted octanol–water partition coefficient (Wildman–Crippen LogP) is 2.72. The van der Waals surface area contributed by atoms with Gasteiger partial charge in [-0.2, -0.15) is 5.26 Å². The van der Waals surface area contributed by atoms with Crippen LogP contribution < -0.4 is 10.2 Å². The molecule has 110 valence electrons. The normalized spacial score (nSPS) is 11.9. The molecule has 4 nitrogen and oxygen atoms in total. The average Bonchev–Trinajstić information content (AvgIpc) is 2.50. The number of hydrogen-bond donors (Lipinski definition) is 1. The zero-order chi connectivity index (χ0) is 14.8. The number of hydrogen-bond acceptors (Lipinski definition) is 4. The van der Waals surface area contributed by atoms with Crippen LogP contribution in [0, 0.1) is 11.3 Å². The standard InChI is InChI=1S/C16H25N3O/c1-4-16(18-2)14-6-8-15(9-7-14)19(11-5-10-17)12-13-20-3/h6-9,16,18H,4-5,11-13H2,1-3H3. The van der Waals surface area contributed by atoms with Crippen LogP contribution in [0.2, 0.25) is 0 Å². The molecule has 20 heavy (non-hydrogen) atoms. The monoisotopic (exact) mass is 275 g/mol. The largest absolute Gasteiger partial charge is 0.383 e. The van der Waals surface area contributed by atoms with Crippen molar-refractivity contribution in [1.82, 2.24) is 5.32 Å². The highest BCUT2D eigenvalue weighted by Gasteiger charge is 2.09. The average molecular weight is 275 g/mol. The SMILES string of the molecule is CCC(NC)c1ccc(N(CCC#N)CCOC)cc1. The van der Waals surface area contributed by atoms with Crippen molar-refractivity contribution >= 4 is 5.69 Å². The highest BCUT2D eigenvalue weighted by Crippen LogP contribution is 2.21. The number of nitrogens with zero attached hydrogens (tertiary/aromatic N) is 2. The Morgan fingerprint density at radius 3 is 2.50 bits per heavy atom. The van der Waals surface area contributed by atoms with Crippen LogP contribution in [0.15, 0.2) is 24.3 Å². The van der Waals surface area contributed by atoms with Crippen LogP contribution >= 0.6 is 0 Å². The molecule has 0 amide bonds. The van der Waals surface area contributed by atoms with Crippen molar-refractivity contribution in [3.63, 3.8) is 0 Å². The molecule has 1 unspecified atom stereocenters. The summed E-state index contributed by atoms with van der Waals surface area (Å²) in [6.07, 6.45) is 1.59. The molecule has 0 saturated heterocycles. The molecule has 0 aliphatic carbocycles. The molecule has 0 radical (unpaired) electrons. The van der Waals surface area contributed by atoms with Crippen molar-refractivity contribution in [3.8, 4) is 6.07 Å². The summed E-state index contributed by atoms with van der Waals surface area (Å²) >= 11 is 0. The molecule has 4 heteroatoms. The second-order valence-corrected chi connectivity index (χ2v) is 4.73. The Hall–Kier alpha value is -1.57. The molecule has 0 heterocycles. The molecule has 1 aromatic carbocycles. The Bertz CT molecular complexity index is 407. The molecule has 0 aliphatic heterocycles. The van der Waals surface area contributed by atoms with E-state index in [0.717, 1.165) is 25.2 Å². The fourth-order valence-corrected chi connectivity index (χ4v) is 2.28. The van der Waals surface area contributed by atoms with Crippen LogP contribution in [-0.4, -0.2) is 33.9 Å². The van der Waals surface area contributed by atoms with E-state index in [0.29, 0.717) is 19.1 Å². The van der Waals surface area contributed by atoms with Crippen LogP contribution in [0.3, 0.4) is 0 Å². The number of rotatable bonds is 9. The van der Waals surface area contributed by atoms with Gasteiger partial charge in [0.15, 0.2) is 0 Å². The molecule has 0 saturated carbocycles. The first-order valence-corrected chi connectivity index (χ1v) is 7.14. The molecule has 0 bridgehead atoms. The van der Waals surface area contributed by atoms with E-state index in [1.807, 2.05) is 7.05 Å². The lowest BCUT2D eigenvalue weighted by Crippen LogP contribution is -2.28. The second-order valence-electron chi connectivity index (χ2n) is 4.73. The van der Waals surface area contributed by atoms with Crippen LogP contribution in [0.25, 0.3) is 0 Å². The number of anilines is 1. The van der Waals surface area contributed by atoms with Crippen LogP contribution in [0.5, 0.6) is 0 Å². The summed E-state index contributed by atoms with van der Waals surface area (Å²) in [6, 6.07) is 11.2. The maximum Gasteiger partial charge on any atom is 0.0640 e. The third-order valence-electron chi connectivity index (χ3n) is 3.48. The third-order valence-corrected chi connectivity index (χ3v) is 3.48. The number of methoxy groups -OCH3 is 1. The van der Waals surface area contributed by atoms with Gasteiger partial charge in [-0.15, -0.1) is 0 Å². The van der Waals surface area contributed by atoms with Crippen LogP contribution in [0.4, 0.5) is 5.69 Å². The number of nitriles is 1. The molecule has 0 aliphatic rings. The van der Waals surface area contributed by atoms with Crippen molar-refractivity contribution in [2.45, 2.75) is 25.8 Å². The van der Waals surface area contributed by atoms with E-state index < -0.39 is 0 Å². The summed E-state index contributed by atoms with van der Waals surface area (Å²) in [4.78, 5) is 2.19. The lowest BCUT2D eigenvalue weighted by atomic mass is 10.0. The van der Waals surface area contributed by atoms with Gasteiger partial charge in [0.25, 0.3) is 0 Å². The van der Waals surface area contributed by atoms with E-state index >= 15 is 0 Å². The topological polar surface area (TPSA) is 48.3 Å². The van der Waals surface area contributed by atoms with Crippen molar-refractivity contribution in [3.05, 3.63) is 29.8 Å². The van der Waals surface area contributed by atoms with Crippen molar-refractivity contribution in [2.75, 3.05) is 38.8 Å². The first-order chi connectivity index (χ1) is 9.76. The lowest BCUT2D eigenvalue weighted by Gasteiger charge is -2.24. The molecule has 1 N–H and O–H groups in total. The van der Waals surface area contributed by atoms with Crippen LogP contribution in [0.1, 0.15) is 31.4 Å². The Morgan fingerprint density at radius 2 is 2.00 bits per heavy atom. The van der Waals surface area contributed by atoms with Gasteiger partial charge in [0, 0.05) is 31.9 Å². The van der Waals surface area contributed by atoms with E-state index in [1.54, 1.807) is 7.11 Å². The van der Waals surface area contributed by atoms with Gasteiger partial charge >= 0.3 is 0 Å². The fraction of sp³-hybridized carbons (Fsp3) is 0.562. The van der Waals surface area contributed by atoms with Gasteiger partial charge in [0.1, 0.15) is 0 Å². The zero-order valence-corrected chi connectivity index (χ0v) is 12.7. The molecule has 0 aromatic heterocycles. The van der Waals surface area contributed by atoms with Gasteiger partial charge < -0.3 is 15.0 Å². The second kappa shape index (κ2) is 9.35. The number of benzene rings is 1. The lowest BCUT2D eigenvalue weighted by molar-refractivity contribution is 0.205. The summed E-state index contributed by atoms with van der Waals surface area (Å²) in [5.41, 5.74) is 2.44.